The minimum Gasteiger partial charge on any atom is -0.468 e. The number of carbonyl (C=O) groups excluding carboxylic acids is 1. The molecule has 0 spiro atoms. The van der Waals surface area contributed by atoms with Crippen LogP contribution < -0.4 is 10.6 Å². The van der Waals surface area contributed by atoms with E-state index in [0.717, 1.165) is 5.76 Å². The lowest BCUT2D eigenvalue weighted by Gasteiger charge is -2.02. The molecule has 0 saturated carbocycles. The third-order valence-corrected chi connectivity index (χ3v) is 2.92. The first kappa shape index (κ1) is 15.0. The highest BCUT2D eigenvalue weighted by molar-refractivity contribution is 7.19. The van der Waals surface area contributed by atoms with Crippen molar-refractivity contribution in [2.24, 2.45) is 0 Å². The lowest BCUT2D eigenvalue weighted by Crippen LogP contribution is -2.27. The third kappa shape index (κ3) is 4.66. The molecule has 1 amide bonds. The van der Waals surface area contributed by atoms with Gasteiger partial charge in [-0.1, -0.05) is 22.9 Å². The molecule has 2 rings (SSSR count). The monoisotopic (exact) mass is 307 g/mol. The predicted molar refractivity (Wildman–Crippen MR) is 73.4 cm³/mol. The van der Waals surface area contributed by atoms with Crippen molar-refractivity contribution in [2.75, 3.05) is 11.9 Å². The first-order valence-corrected chi connectivity index (χ1v) is 6.08. The number of furan rings is 1. The van der Waals surface area contributed by atoms with E-state index >= 15 is 0 Å². The summed E-state index contributed by atoms with van der Waals surface area (Å²) in [6.07, 6.45) is 3.09. The number of thiazole rings is 1. The lowest BCUT2D eigenvalue weighted by molar-refractivity contribution is -0.115. The molecule has 2 heterocycles. The minimum atomic E-state index is -0.164. The molecule has 0 fully saturated rings. The Morgan fingerprint density at radius 1 is 1.56 bits per heavy atom. The van der Waals surface area contributed by atoms with Gasteiger partial charge in [0.05, 0.1) is 25.5 Å². The van der Waals surface area contributed by atoms with Crippen LogP contribution in [0.1, 0.15) is 5.76 Å². The summed E-state index contributed by atoms with van der Waals surface area (Å²) in [7, 11) is 0. The average molecular weight is 308 g/mol. The van der Waals surface area contributed by atoms with Crippen LogP contribution in [0.2, 0.25) is 4.34 Å². The second kappa shape index (κ2) is 7.38. The molecule has 0 aromatic carbocycles. The smallest absolute Gasteiger partial charge is 0.240 e. The number of hydrogen-bond acceptors (Lipinski definition) is 5. The molecule has 2 N–H and O–H groups in total. The Bertz CT molecular complexity index is 487. The molecule has 0 aliphatic heterocycles. The molecule has 0 radical (unpaired) electrons. The quantitative estimate of drug-likeness (QED) is 0.891. The fraction of sp³-hybridized carbons (Fsp3) is 0.200. The van der Waals surface area contributed by atoms with E-state index in [-0.39, 0.29) is 24.9 Å². The largest absolute Gasteiger partial charge is 0.468 e. The van der Waals surface area contributed by atoms with E-state index in [0.29, 0.717) is 16.0 Å². The summed E-state index contributed by atoms with van der Waals surface area (Å²) < 4.78 is 5.66. The summed E-state index contributed by atoms with van der Waals surface area (Å²) in [6.45, 7) is 0.705. The summed E-state index contributed by atoms with van der Waals surface area (Å²) in [5.74, 6) is 0.623. The zero-order valence-electron chi connectivity index (χ0n) is 9.18. The molecule has 2 aromatic heterocycles. The van der Waals surface area contributed by atoms with Gasteiger partial charge >= 0.3 is 0 Å². The van der Waals surface area contributed by atoms with Gasteiger partial charge in [0.15, 0.2) is 5.13 Å². The molecule has 0 bridgehead atoms. The molecule has 0 unspecified atom stereocenters. The number of anilines is 1. The van der Waals surface area contributed by atoms with Gasteiger partial charge in [0.1, 0.15) is 10.1 Å². The van der Waals surface area contributed by atoms with Gasteiger partial charge in [0, 0.05) is 0 Å². The molecular weight excluding hydrogens is 297 g/mol. The van der Waals surface area contributed by atoms with Crippen molar-refractivity contribution in [3.05, 3.63) is 34.7 Å². The zero-order chi connectivity index (χ0) is 12.1. The first-order chi connectivity index (χ1) is 8.24. The summed E-state index contributed by atoms with van der Waals surface area (Å²) in [6, 6.07) is 3.64. The molecule has 5 nitrogen and oxygen atoms in total. The topological polar surface area (TPSA) is 67.2 Å². The average Bonchev–Trinajstić information content (AvgIpc) is 2.90. The summed E-state index contributed by atoms with van der Waals surface area (Å²) in [5.41, 5.74) is 0. The summed E-state index contributed by atoms with van der Waals surface area (Å²) >= 11 is 6.92. The highest BCUT2D eigenvalue weighted by Gasteiger charge is 2.05. The number of rotatable bonds is 5. The van der Waals surface area contributed by atoms with Crippen molar-refractivity contribution in [2.45, 2.75) is 6.54 Å². The Hall–Kier alpha value is -1.08. The van der Waals surface area contributed by atoms with Gasteiger partial charge in [-0.15, -0.1) is 12.4 Å². The predicted octanol–water partition coefficient (Wildman–Crippen LogP) is 2.54. The number of carbonyl (C=O) groups is 1. The highest BCUT2D eigenvalue weighted by atomic mass is 35.5. The Morgan fingerprint density at radius 2 is 2.39 bits per heavy atom. The molecule has 0 aliphatic rings. The first-order valence-electron chi connectivity index (χ1n) is 4.88. The van der Waals surface area contributed by atoms with Crippen LogP contribution in [0.25, 0.3) is 0 Å². The number of hydrogen-bond donors (Lipinski definition) is 2. The third-order valence-electron chi connectivity index (χ3n) is 1.89. The normalized spacial score (nSPS) is 9.83. The fourth-order valence-corrected chi connectivity index (χ4v) is 2.02. The van der Waals surface area contributed by atoms with E-state index in [4.69, 9.17) is 16.0 Å². The number of amides is 1. The second-order valence-corrected chi connectivity index (χ2v) is 4.86. The maximum Gasteiger partial charge on any atom is 0.240 e. The Labute approximate surface area is 119 Å². The summed E-state index contributed by atoms with van der Waals surface area (Å²) in [4.78, 5) is 15.4. The van der Waals surface area contributed by atoms with Crippen molar-refractivity contribution in [3.63, 3.8) is 0 Å². The van der Waals surface area contributed by atoms with Crippen LogP contribution in [-0.2, 0) is 11.3 Å². The van der Waals surface area contributed by atoms with Crippen molar-refractivity contribution in [1.82, 2.24) is 10.3 Å². The van der Waals surface area contributed by atoms with E-state index < -0.39 is 0 Å². The van der Waals surface area contributed by atoms with E-state index in [1.165, 1.54) is 17.5 Å². The van der Waals surface area contributed by atoms with Gasteiger partial charge < -0.3 is 15.1 Å². The Balaban J connectivity index is 0.00000162. The molecular formula is C10H11Cl2N3O2S. The minimum absolute atomic E-state index is 0. The highest BCUT2D eigenvalue weighted by Crippen LogP contribution is 2.22. The van der Waals surface area contributed by atoms with Crippen molar-refractivity contribution >= 4 is 46.4 Å². The SMILES string of the molecule is Cl.O=C(CNCc1ccco1)Nc1ncc(Cl)s1. The van der Waals surface area contributed by atoms with Crippen LogP contribution in [0.5, 0.6) is 0 Å². The fourth-order valence-electron chi connectivity index (χ4n) is 1.19. The number of halogens is 2. The molecule has 18 heavy (non-hydrogen) atoms. The van der Waals surface area contributed by atoms with Crippen LogP contribution in [0.3, 0.4) is 0 Å². The lowest BCUT2D eigenvalue weighted by atomic mass is 10.4. The van der Waals surface area contributed by atoms with Crippen LogP contribution in [0, 0.1) is 0 Å². The number of nitrogens with one attached hydrogen (secondary N) is 2. The zero-order valence-corrected chi connectivity index (χ0v) is 11.6. The number of nitrogens with zero attached hydrogens (tertiary/aromatic N) is 1. The van der Waals surface area contributed by atoms with Crippen LogP contribution in [-0.4, -0.2) is 17.4 Å². The van der Waals surface area contributed by atoms with Crippen molar-refractivity contribution < 1.29 is 9.21 Å². The summed E-state index contributed by atoms with van der Waals surface area (Å²) in [5, 5.41) is 6.09. The van der Waals surface area contributed by atoms with E-state index in [9.17, 15) is 4.79 Å². The van der Waals surface area contributed by atoms with Crippen molar-refractivity contribution in [3.8, 4) is 0 Å². The molecule has 8 heteroatoms. The van der Waals surface area contributed by atoms with Crippen LogP contribution in [0.15, 0.2) is 29.0 Å². The molecule has 0 aliphatic carbocycles. The Morgan fingerprint density at radius 3 is 3.00 bits per heavy atom. The molecule has 0 atom stereocenters. The molecule has 0 saturated heterocycles. The van der Waals surface area contributed by atoms with Crippen molar-refractivity contribution in [1.29, 1.82) is 0 Å². The van der Waals surface area contributed by atoms with Gasteiger partial charge in [-0.25, -0.2) is 4.98 Å². The van der Waals surface area contributed by atoms with Gasteiger partial charge in [-0.3, -0.25) is 4.79 Å². The van der Waals surface area contributed by atoms with Gasteiger partial charge in [0.25, 0.3) is 0 Å². The number of aromatic nitrogens is 1. The second-order valence-electron chi connectivity index (χ2n) is 3.20. The van der Waals surface area contributed by atoms with E-state index in [1.807, 2.05) is 6.07 Å². The maximum atomic E-state index is 11.5. The maximum absolute atomic E-state index is 11.5. The van der Waals surface area contributed by atoms with Gasteiger partial charge in [0.2, 0.25) is 5.91 Å². The standard InChI is InChI=1S/C10H10ClN3O2S.ClH/c11-8-5-13-10(17-8)14-9(15)6-12-4-7-2-1-3-16-7;/h1-3,5,12H,4,6H2,(H,13,14,15);1H. The van der Waals surface area contributed by atoms with E-state index in [1.54, 1.807) is 12.3 Å². The van der Waals surface area contributed by atoms with Gasteiger partial charge in [-0.2, -0.15) is 0 Å². The molecule has 98 valence electrons. The van der Waals surface area contributed by atoms with E-state index in [2.05, 4.69) is 15.6 Å². The Kier molecular flexibility index (Phi) is 6.14. The van der Waals surface area contributed by atoms with Crippen LogP contribution in [0.4, 0.5) is 5.13 Å². The molecule has 2 aromatic rings. The van der Waals surface area contributed by atoms with Crippen LogP contribution >= 0.6 is 35.3 Å². The van der Waals surface area contributed by atoms with Gasteiger partial charge in [-0.05, 0) is 12.1 Å².